The molecule has 0 bridgehead atoms. The Bertz CT molecular complexity index is 811. The molecule has 0 saturated carbocycles. The summed E-state index contributed by atoms with van der Waals surface area (Å²) < 4.78 is 17.9. The summed E-state index contributed by atoms with van der Waals surface area (Å²) in [5.41, 5.74) is -0.0906. The van der Waals surface area contributed by atoms with Gasteiger partial charge in [-0.05, 0) is 25.1 Å². The van der Waals surface area contributed by atoms with Gasteiger partial charge in [-0.3, -0.25) is 9.59 Å². The molecule has 1 aromatic carbocycles. The maximum atomic E-state index is 12.6. The number of pyridine rings is 1. The van der Waals surface area contributed by atoms with E-state index in [2.05, 4.69) is 0 Å². The maximum Gasteiger partial charge on any atom is 0.260 e. The van der Waals surface area contributed by atoms with E-state index in [9.17, 15) is 9.59 Å². The predicted octanol–water partition coefficient (Wildman–Crippen LogP) is 1.28. The zero-order valence-corrected chi connectivity index (χ0v) is 15.0. The SMILES string of the molecule is CCOCCn1ccc2c(OCC(=O)N3CCOCC3)cccc2c1=O. The summed E-state index contributed by atoms with van der Waals surface area (Å²) in [6.07, 6.45) is 1.74. The molecular formula is C19H24N2O5. The second kappa shape index (κ2) is 8.82. The van der Waals surface area contributed by atoms with Crippen molar-refractivity contribution < 1.29 is 19.0 Å². The molecule has 1 amide bonds. The van der Waals surface area contributed by atoms with Gasteiger partial charge in [0.2, 0.25) is 0 Å². The molecule has 1 saturated heterocycles. The third-order valence-electron chi connectivity index (χ3n) is 4.37. The first kappa shape index (κ1) is 18.4. The Hall–Kier alpha value is -2.38. The normalized spacial score (nSPS) is 14.6. The van der Waals surface area contributed by atoms with Gasteiger partial charge in [-0.15, -0.1) is 0 Å². The summed E-state index contributed by atoms with van der Waals surface area (Å²) in [6.45, 7) is 5.78. The molecule has 26 heavy (non-hydrogen) atoms. The van der Waals surface area contributed by atoms with Gasteiger partial charge >= 0.3 is 0 Å². The van der Waals surface area contributed by atoms with Crippen LogP contribution in [0.5, 0.6) is 5.75 Å². The molecule has 0 atom stereocenters. The zero-order chi connectivity index (χ0) is 18.4. The predicted molar refractivity (Wildman–Crippen MR) is 97.6 cm³/mol. The highest BCUT2D eigenvalue weighted by Crippen LogP contribution is 2.23. The molecule has 1 aliphatic rings. The van der Waals surface area contributed by atoms with Crippen LogP contribution in [0.25, 0.3) is 10.8 Å². The van der Waals surface area contributed by atoms with E-state index in [1.54, 1.807) is 33.9 Å². The Labute approximate surface area is 152 Å². The summed E-state index contributed by atoms with van der Waals surface area (Å²) in [5, 5.41) is 1.28. The van der Waals surface area contributed by atoms with Crippen LogP contribution in [0.15, 0.2) is 35.3 Å². The van der Waals surface area contributed by atoms with Crippen LogP contribution in [0, 0.1) is 0 Å². The Balaban J connectivity index is 1.73. The highest BCUT2D eigenvalue weighted by atomic mass is 16.5. The lowest BCUT2D eigenvalue weighted by atomic mass is 10.1. The lowest BCUT2D eigenvalue weighted by molar-refractivity contribution is -0.137. The summed E-state index contributed by atoms with van der Waals surface area (Å²) in [5.74, 6) is 0.466. The molecule has 1 fully saturated rings. The molecule has 7 heteroatoms. The van der Waals surface area contributed by atoms with Crippen LogP contribution in [0.2, 0.25) is 0 Å². The highest BCUT2D eigenvalue weighted by molar-refractivity contribution is 5.88. The van der Waals surface area contributed by atoms with Crippen LogP contribution in [-0.4, -0.2) is 61.5 Å². The lowest BCUT2D eigenvalue weighted by Crippen LogP contribution is -2.43. The minimum Gasteiger partial charge on any atom is -0.483 e. The third-order valence-corrected chi connectivity index (χ3v) is 4.37. The standard InChI is InChI=1S/C19H24N2O5/c1-2-24-11-10-21-7-6-15-16(19(21)23)4-3-5-17(15)26-14-18(22)20-8-12-25-13-9-20/h3-7H,2,8-14H2,1H3. The average Bonchev–Trinajstić information content (AvgIpc) is 2.69. The summed E-state index contributed by atoms with van der Waals surface area (Å²) >= 11 is 0. The molecule has 1 aliphatic heterocycles. The van der Waals surface area contributed by atoms with Crippen molar-refractivity contribution >= 4 is 16.7 Å². The number of benzene rings is 1. The van der Waals surface area contributed by atoms with Gasteiger partial charge in [0.15, 0.2) is 6.61 Å². The first-order valence-electron chi connectivity index (χ1n) is 8.89. The molecule has 0 N–H and O–H groups in total. The Morgan fingerprint density at radius 3 is 2.77 bits per heavy atom. The minimum absolute atomic E-state index is 0.0491. The fourth-order valence-electron chi connectivity index (χ4n) is 2.94. The van der Waals surface area contributed by atoms with E-state index in [0.29, 0.717) is 62.6 Å². The van der Waals surface area contributed by atoms with E-state index >= 15 is 0 Å². The van der Waals surface area contributed by atoms with E-state index in [-0.39, 0.29) is 18.1 Å². The number of aromatic nitrogens is 1. The Morgan fingerprint density at radius 2 is 2.00 bits per heavy atom. The van der Waals surface area contributed by atoms with Gasteiger partial charge in [-0.2, -0.15) is 0 Å². The Kier molecular flexibility index (Phi) is 6.25. The van der Waals surface area contributed by atoms with Gasteiger partial charge in [-0.1, -0.05) is 6.07 Å². The van der Waals surface area contributed by atoms with Gasteiger partial charge in [-0.25, -0.2) is 0 Å². The molecule has 2 heterocycles. The smallest absolute Gasteiger partial charge is 0.260 e. The average molecular weight is 360 g/mol. The van der Waals surface area contributed by atoms with Crippen molar-refractivity contribution in [1.29, 1.82) is 0 Å². The molecule has 3 rings (SSSR count). The van der Waals surface area contributed by atoms with Crippen molar-refractivity contribution in [2.45, 2.75) is 13.5 Å². The second-order valence-corrected chi connectivity index (χ2v) is 6.01. The fourth-order valence-corrected chi connectivity index (χ4v) is 2.94. The molecule has 140 valence electrons. The number of rotatable bonds is 7. The summed E-state index contributed by atoms with van der Waals surface area (Å²) in [7, 11) is 0. The van der Waals surface area contributed by atoms with Crippen molar-refractivity contribution in [3.63, 3.8) is 0 Å². The number of amides is 1. The van der Waals surface area contributed by atoms with Gasteiger partial charge in [0.1, 0.15) is 5.75 Å². The number of ether oxygens (including phenoxy) is 3. The number of carbonyl (C=O) groups excluding carboxylic acids is 1. The first-order valence-corrected chi connectivity index (χ1v) is 8.89. The largest absolute Gasteiger partial charge is 0.483 e. The van der Waals surface area contributed by atoms with Crippen LogP contribution < -0.4 is 10.3 Å². The number of nitrogens with zero attached hydrogens (tertiary/aromatic N) is 2. The van der Waals surface area contributed by atoms with E-state index in [1.807, 2.05) is 13.0 Å². The van der Waals surface area contributed by atoms with Crippen LogP contribution >= 0.6 is 0 Å². The van der Waals surface area contributed by atoms with E-state index in [4.69, 9.17) is 14.2 Å². The van der Waals surface area contributed by atoms with Crippen LogP contribution in [0.3, 0.4) is 0 Å². The Morgan fingerprint density at radius 1 is 1.19 bits per heavy atom. The fraction of sp³-hybridized carbons (Fsp3) is 0.474. The topological polar surface area (TPSA) is 70.0 Å². The van der Waals surface area contributed by atoms with Crippen LogP contribution in [0.4, 0.5) is 0 Å². The molecule has 0 unspecified atom stereocenters. The number of hydrogen-bond donors (Lipinski definition) is 0. The lowest BCUT2D eigenvalue weighted by Gasteiger charge is -2.26. The molecule has 1 aromatic heterocycles. The first-order chi connectivity index (χ1) is 12.7. The highest BCUT2D eigenvalue weighted by Gasteiger charge is 2.17. The molecule has 0 spiro atoms. The van der Waals surface area contributed by atoms with Crippen LogP contribution in [0.1, 0.15) is 6.92 Å². The monoisotopic (exact) mass is 360 g/mol. The summed E-state index contributed by atoms with van der Waals surface area (Å²) in [4.78, 5) is 26.6. The van der Waals surface area contributed by atoms with Crippen molar-refractivity contribution in [3.8, 4) is 5.75 Å². The minimum atomic E-state index is -0.0906. The van der Waals surface area contributed by atoms with E-state index < -0.39 is 0 Å². The van der Waals surface area contributed by atoms with Crippen molar-refractivity contribution in [2.75, 3.05) is 46.1 Å². The van der Waals surface area contributed by atoms with Gasteiger partial charge in [0.25, 0.3) is 11.5 Å². The molecule has 7 nitrogen and oxygen atoms in total. The van der Waals surface area contributed by atoms with E-state index in [1.165, 1.54) is 0 Å². The van der Waals surface area contributed by atoms with Crippen molar-refractivity contribution in [1.82, 2.24) is 9.47 Å². The van der Waals surface area contributed by atoms with Gasteiger partial charge in [0.05, 0.1) is 25.2 Å². The van der Waals surface area contributed by atoms with Gasteiger partial charge in [0, 0.05) is 37.8 Å². The van der Waals surface area contributed by atoms with Gasteiger partial charge < -0.3 is 23.7 Å². The number of hydrogen-bond acceptors (Lipinski definition) is 5. The summed E-state index contributed by atoms with van der Waals surface area (Å²) in [6, 6.07) is 7.16. The zero-order valence-electron chi connectivity index (χ0n) is 15.0. The quantitative estimate of drug-likeness (QED) is 0.696. The van der Waals surface area contributed by atoms with Crippen LogP contribution in [-0.2, 0) is 20.8 Å². The van der Waals surface area contributed by atoms with E-state index in [0.717, 1.165) is 0 Å². The van der Waals surface area contributed by atoms with Crippen molar-refractivity contribution in [2.24, 2.45) is 0 Å². The molecular weight excluding hydrogens is 336 g/mol. The third kappa shape index (κ3) is 4.23. The van der Waals surface area contributed by atoms with Crippen molar-refractivity contribution in [3.05, 3.63) is 40.8 Å². The molecule has 0 radical (unpaired) electrons. The molecule has 0 aliphatic carbocycles. The number of morpholine rings is 1. The maximum absolute atomic E-state index is 12.6. The molecule has 2 aromatic rings. The number of carbonyl (C=O) groups is 1. The number of fused-ring (bicyclic) bond motifs is 1. The second-order valence-electron chi connectivity index (χ2n) is 6.01.